The standard InChI is InChI=1S/C15H17NO2/c1-2-8-16(11-12-6-7-12)15(18)10-13-4-3-5-14(17)9-13/h1,3-5,9,12,17H,6-8,10-11H2. The van der Waals surface area contributed by atoms with Gasteiger partial charge in [0.05, 0.1) is 13.0 Å². The summed E-state index contributed by atoms with van der Waals surface area (Å²) in [7, 11) is 0. The van der Waals surface area contributed by atoms with Crippen LogP contribution in [0.25, 0.3) is 0 Å². The topological polar surface area (TPSA) is 40.5 Å². The molecule has 1 aromatic rings. The van der Waals surface area contributed by atoms with E-state index in [2.05, 4.69) is 5.92 Å². The highest BCUT2D eigenvalue weighted by Gasteiger charge is 2.26. The molecule has 18 heavy (non-hydrogen) atoms. The van der Waals surface area contributed by atoms with Gasteiger partial charge in [0.15, 0.2) is 0 Å². The molecule has 0 aromatic heterocycles. The third kappa shape index (κ3) is 3.53. The van der Waals surface area contributed by atoms with Crippen molar-refractivity contribution >= 4 is 5.91 Å². The summed E-state index contributed by atoms with van der Waals surface area (Å²) < 4.78 is 0. The van der Waals surface area contributed by atoms with Crippen LogP contribution in [-0.4, -0.2) is 29.0 Å². The van der Waals surface area contributed by atoms with Gasteiger partial charge in [0.25, 0.3) is 0 Å². The Morgan fingerprint density at radius 1 is 1.50 bits per heavy atom. The van der Waals surface area contributed by atoms with Gasteiger partial charge in [-0.15, -0.1) is 6.42 Å². The number of phenols is 1. The third-order valence-corrected chi connectivity index (χ3v) is 3.08. The number of hydrogen-bond donors (Lipinski definition) is 1. The Hall–Kier alpha value is -1.95. The Balaban J connectivity index is 1.97. The highest BCUT2D eigenvalue weighted by Crippen LogP contribution is 2.29. The molecule has 1 aliphatic carbocycles. The SMILES string of the molecule is C#CCN(CC1CC1)C(=O)Cc1cccc(O)c1. The van der Waals surface area contributed by atoms with Crippen molar-refractivity contribution in [1.82, 2.24) is 4.90 Å². The van der Waals surface area contributed by atoms with E-state index in [4.69, 9.17) is 6.42 Å². The lowest BCUT2D eigenvalue weighted by atomic mass is 10.1. The van der Waals surface area contributed by atoms with Crippen molar-refractivity contribution < 1.29 is 9.90 Å². The second kappa shape index (κ2) is 5.59. The number of terminal acetylenes is 1. The van der Waals surface area contributed by atoms with Crippen molar-refractivity contribution in [2.75, 3.05) is 13.1 Å². The highest BCUT2D eigenvalue weighted by atomic mass is 16.3. The molecule has 1 N–H and O–H groups in total. The molecule has 3 nitrogen and oxygen atoms in total. The first-order valence-electron chi connectivity index (χ1n) is 6.18. The zero-order valence-corrected chi connectivity index (χ0v) is 10.3. The molecule has 0 bridgehead atoms. The molecule has 1 amide bonds. The van der Waals surface area contributed by atoms with Crippen molar-refractivity contribution in [3.05, 3.63) is 29.8 Å². The van der Waals surface area contributed by atoms with E-state index >= 15 is 0 Å². The van der Waals surface area contributed by atoms with Crippen LogP contribution in [0.15, 0.2) is 24.3 Å². The Labute approximate surface area is 107 Å². The molecule has 0 unspecified atom stereocenters. The van der Waals surface area contributed by atoms with Crippen molar-refractivity contribution in [2.45, 2.75) is 19.3 Å². The van der Waals surface area contributed by atoms with Gasteiger partial charge >= 0.3 is 0 Å². The Kier molecular flexibility index (Phi) is 3.88. The Morgan fingerprint density at radius 3 is 2.89 bits per heavy atom. The molecule has 0 atom stereocenters. The maximum Gasteiger partial charge on any atom is 0.227 e. The largest absolute Gasteiger partial charge is 0.508 e. The lowest BCUT2D eigenvalue weighted by Gasteiger charge is -2.20. The number of hydrogen-bond acceptors (Lipinski definition) is 2. The average Bonchev–Trinajstić information content (AvgIpc) is 3.12. The number of nitrogens with zero attached hydrogens (tertiary/aromatic N) is 1. The number of amides is 1. The molecule has 0 heterocycles. The van der Waals surface area contributed by atoms with E-state index in [0.29, 0.717) is 18.9 Å². The minimum Gasteiger partial charge on any atom is -0.508 e. The van der Waals surface area contributed by atoms with Crippen LogP contribution < -0.4 is 0 Å². The van der Waals surface area contributed by atoms with Crippen LogP contribution in [0.1, 0.15) is 18.4 Å². The van der Waals surface area contributed by atoms with E-state index in [0.717, 1.165) is 12.1 Å². The van der Waals surface area contributed by atoms with Crippen molar-refractivity contribution in [3.63, 3.8) is 0 Å². The smallest absolute Gasteiger partial charge is 0.227 e. The normalized spacial score (nSPS) is 13.9. The summed E-state index contributed by atoms with van der Waals surface area (Å²) in [5, 5.41) is 9.37. The minimum absolute atomic E-state index is 0.0328. The van der Waals surface area contributed by atoms with E-state index in [-0.39, 0.29) is 11.7 Å². The molecule has 1 saturated carbocycles. The minimum atomic E-state index is 0.0328. The van der Waals surface area contributed by atoms with Crippen molar-refractivity contribution in [2.24, 2.45) is 5.92 Å². The van der Waals surface area contributed by atoms with E-state index in [1.54, 1.807) is 23.1 Å². The molecule has 3 heteroatoms. The lowest BCUT2D eigenvalue weighted by molar-refractivity contribution is -0.130. The third-order valence-electron chi connectivity index (χ3n) is 3.08. The van der Waals surface area contributed by atoms with Gasteiger partial charge in [-0.25, -0.2) is 0 Å². The number of benzene rings is 1. The molecule has 0 radical (unpaired) electrons. The molecule has 1 aromatic carbocycles. The molecule has 2 rings (SSSR count). The van der Waals surface area contributed by atoms with Crippen LogP contribution in [0.3, 0.4) is 0 Å². The predicted molar refractivity (Wildman–Crippen MR) is 69.9 cm³/mol. The van der Waals surface area contributed by atoms with Gasteiger partial charge < -0.3 is 10.0 Å². The number of rotatable bonds is 5. The van der Waals surface area contributed by atoms with Gasteiger partial charge in [-0.05, 0) is 36.5 Å². The second-order valence-electron chi connectivity index (χ2n) is 4.77. The summed E-state index contributed by atoms with van der Waals surface area (Å²) in [5.41, 5.74) is 0.817. The molecular weight excluding hydrogens is 226 g/mol. The van der Waals surface area contributed by atoms with E-state index in [1.807, 2.05) is 6.07 Å². The second-order valence-corrected chi connectivity index (χ2v) is 4.77. The molecule has 0 spiro atoms. The van der Waals surface area contributed by atoms with Crippen LogP contribution in [0.4, 0.5) is 0 Å². The summed E-state index contributed by atoms with van der Waals surface area (Å²) in [6.45, 7) is 1.13. The number of phenolic OH excluding ortho intramolecular Hbond substituents is 1. The molecule has 0 aliphatic heterocycles. The quantitative estimate of drug-likeness (QED) is 0.801. The van der Waals surface area contributed by atoms with Gasteiger partial charge in [-0.3, -0.25) is 4.79 Å². The first kappa shape index (κ1) is 12.5. The average molecular weight is 243 g/mol. The molecule has 1 aliphatic rings. The Morgan fingerprint density at radius 2 is 2.28 bits per heavy atom. The number of aromatic hydroxyl groups is 1. The molecule has 0 saturated heterocycles. The van der Waals surface area contributed by atoms with E-state index in [1.165, 1.54) is 12.8 Å². The van der Waals surface area contributed by atoms with Crippen molar-refractivity contribution in [1.29, 1.82) is 0 Å². The summed E-state index contributed by atoms with van der Waals surface area (Å²) >= 11 is 0. The zero-order valence-electron chi connectivity index (χ0n) is 10.3. The first-order chi connectivity index (χ1) is 8.69. The van der Waals surface area contributed by atoms with Gasteiger partial charge in [-0.2, -0.15) is 0 Å². The summed E-state index contributed by atoms with van der Waals surface area (Å²) in [6.07, 6.45) is 7.98. The van der Waals surface area contributed by atoms with Gasteiger partial charge in [0, 0.05) is 6.54 Å². The van der Waals surface area contributed by atoms with Crippen LogP contribution in [0.5, 0.6) is 5.75 Å². The Bertz CT molecular complexity index is 472. The fourth-order valence-electron chi connectivity index (χ4n) is 1.93. The fraction of sp³-hybridized carbons (Fsp3) is 0.400. The first-order valence-corrected chi connectivity index (χ1v) is 6.18. The van der Waals surface area contributed by atoms with Crippen molar-refractivity contribution in [3.8, 4) is 18.1 Å². The summed E-state index contributed by atoms with van der Waals surface area (Å²) in [4.78, 5) is 13.9. The van der Waals surface area contributed by atoms with Crippen LogP contribution >= 0.6 is 0 Å². The number of carbonyl (C=O) groups is 1. The fourth-order valence-corrected chi connectivity index (χ4v) is 1.93. The summed E-state index contributed by atoms with van der Waals surface area (Å²) in [6, 6.07) is 6.79. The predicted octanol–water partition coefficient (Wildman–Crippen LogP) is 1.81. The number of carbonyl (C=O) groups excluding carboxylic acids is 1. The van der Waals surface area contributed by atoms with Crippen LogP contribution in [0, 0.1) is 18.3 Å². The maximum absolute atomic E-state index is 12.1. The highest BCUT2D eigenvalue weighted by molar-refractivity contribution is 5.79. The van der Waals surface area contributed by atoms with E-state index < -0.39 is 0 Å². The summed E-state index contributed by atoms with van der Waals surface area (Å²) in [5.74, 6) is 3.38. The monoisotopic (exact) mass is 243 g/mol. The van der Waals surface area contributed by atoms with E-state index in [9.17, 15) is 9.90 Å². The molecule has 94 valence electrons. The molecule has 1 fully saturated rings. The maximum atomic E-state index is 12.1. The van der Waals surface area contributed by atoms with Crippen LogP contribution in [0.2, 0.25) is 0 Å². The van der Waals surface area contributed by atoms with Gasteiger partial charge in [0.2, 0.25) is 5.91 Å². The molecular formula is C15H17NO2. The van der Waals surface area contributed by atoms with Crippen LogP contribution in [-0.2, 0) is 11.2 Å². The zero-order chi connectivity index (χ0) is 13.0. The lowest BCUT2D eigenvalue weighted by Crippen LogP contribution is -2.34. The van der Waals surface area contributed by atoms with Gasteiger partial charge in [-0.1, -0.05) is 18.1 Å². The van der Waals surface area contributed by atoms with Gasteiger partial charge in [0.1, 0.15) is 5.75 Å².